The van der Waals surface area contributed by atoms with E-state index in [4.69, 9.17) is 0 Å². The van der Waals surface area contributed by atoms with Crippen LogP contribution in [0, 0.1) is 0 Å². The zero-order valence-electron chi connectivity index (χ0n) is 14.2. The third-order valence-electron chi connectivity index (χ3n) is 3.17. The van der Waals surface area contributed by atoms with E-state index in [0.717, 1.165) is 43.7 Å². The number of pyridine rings is 1. The number of carbonyl (C=O) groups is 1. The van der Waals surface area contributed by atoms with Crippen molar-refractivity contribution in [1.82, 2.24) is 21.0 Å². The molecule has 0 aliphatic carbocycles. The smallest absolute Gasteiger partial charge is 0.266 e. The lowest BCUT2D eigenvalue weighted by molar-refractivity contribution is -0.134. The van der Waals surface area contributed by atoms with E-state index < -0.39 is 0 Å². The average molecular weight is 337 g/mol. The molecule has 0 unspecified atom stereocenters. The van der Waals surface area contributed by atoms with Gasteiger partial charge in [-0.05, 0) is 25.0 Å². The molecule has 1 amide bonds. The Hall–Kier alpha value is -1.37. The summed E-state index contributed by atoms with van der Waals surface area (Å²) in [6.45, 7) is 9.73. The molecular weight excluding hydrogens is 308 g/mol. The highest BCUT2D eigenvalue weighted by Gasteiger charge is 2.16. The summed E-state index contributed by atoms with van der Waals surface area (Å²) in [5.74, 6) is 0.461. The van der Waals surface area contributed by atoms with Crippen molar-refractivity contribution in [2.24, 2.45) is 0 Å². The Labute approximate surface area is 143 Å². The zero-order chi connectivity index (χ0) is 16.9. The van der Waals surface area contributed by atoms with Crippen LogP contribution < -0.4 is 10.9 Å². The molecule has 1 aromatic heterocycles. The Morgan fingerprint density at radius 3 is 2.26 bits per heavy atom. The summed E-state index contributed by atoms with van der Waals surface area (Å²) < 4.78 is 0. The molecule has 6 heteroatoms. The Balaban J connectivity index is 2.49. The first-order valence-electron chi connectivity index (χ1n) is 8.21. The molecule has 0 fully saturated rings. The summed E-state index contributed by atoms with van der Waals surface area (Å²) in [7, 11) is 0. The van der Waals surface area contributed by atoms with Crippen molar-refractivity contribution in [2.75, 3.05) is 18.8 Å². The molecule has 0 saturated carbocycles. The number of thioether (sulfide) groups is 1. The van der Waals surface area contributed by atoms with Gasteiger partial charge >= 0.3 is 0 Å². The van der Waals surface area contributed by atoms with Gasteiger partial charge in [-0.2, -0.15) is 0 Å². The monoisotopic (exact) mass is 336 g/mol. The van der Waals surface area contributed by atoms with Gasteiger partial charge in [0.2, 0.25) is 0 Å². The fourth-order valence-electron chi connectivity index (χ4n) is 1.76. The minimum Gasteiger partial charge on any atom is -0.266 e. The quantitative estimate of drug-likeness (QED) is 0.266. The lowest BCUT2D eigenvalue weighted by Crippen LogP contribution is -2.53. The van der Waals surface area contributed by atoms with Gasteiger partial charge in [0, 0.05) is 41.7 Å². The number of unbranched alkanes of at least 4 members (excludes halogenated alkanes) is 2. The van der Waals surface area contributed by atoms with E-state index in [1.807, 2.05) is 12.1 Å². The summed E-state index contributed by atoms with van der Waals surface area (Å²) in [5, 5.41) is 1.50. The number of nitrogens with one attached hydrogen (secondary N) is 2. The molecule has 0 bridgehead atoms. The van der Waals surface area contributed by atoms with Gasteiger partial charge in [0.05, 0.1) is 0 Å². The van der Waals surface area contributed by atoms with E-state index in [0.29, 0.717) is 11.3 Å². The van der Waals surface area contributed by atoms with Crippen LogP contribution in [0.25, 0.3) is 0 Å². The SMILES string of the molecule is C=C(CSc1ccncc1)C(=O)N(NCCCC)NCCCC. The van der Waals surface area contributed by atoms with Crippen molar-refractivity contribution in [3.05, 3.63) is 36.7 Å². The second kappa shape index (κ2) is 12.1. The minimum absolute atomic E-state index is 0.0984. The predicted octanol–water partition coefficient (Wildman–Crippen LogP) is 3.17. The Morgan fingerprint density at radius 1 is 1.17 bits per heavy atom. The Morgan fingerprint density at radius 2 is 1.74 bits per heavy atom. The van der Waals surface area contributed by atoms with Crippen molar-refractivity contribution < 1.29 is 4.79 Å². The molecule has 5 nitrogen and oxygen atoms in total. The van der Waals surface area contributed by atoms with Crippen molar-refractivity contribution in [2.45, 2.75) is 44.4 Å². The predicted molar refractivity (Wildman–Crippen MR) is 96.8 cm³/mol. The maximum absolute atomic E-state index is 12.5. The molecule has 0 spiro atoms. The van der Waals surface area contributed by atoms with Crippen molar-refractivity contribution in [3.8, 4) is 0 Å². The van der Waals surface area contributed by atoms with E-state index in [9.17, 15) is 4.79 Å². The normalized spacial score (nSPS) is 10.5. The van der Waals surface area contributed by atoms with E-state index >= 15 is 0 Å². The number of nitrogens with zero attached hydrogens (tertiary/aromatic N) is 2. The van der Waals surface area contributed by atoms with Crippen molar-refractivity contribution in [1.29, 1.82) is 0 Å². The van der Waals surface area contributed by atoms with Crippen LogP contribution in [0.4, 0.5) is 0 Å². The van der Waals surface area contributed by atoms with Crippen LogP contribution in [0.1, 0.15) is 39.5 Å². The highest BCUT2D eigenvalue weighted by Crippen LogP contribution is 2.19. The van der Waals surface area contributed by atoms with Gasteiger partial charge in [0.1, 0.15) is 0 Å². The maximum Gasteiger partial charge on any atom is 0.278 e. The molecule has 0 aromatic carbocycles. The zero-order valence-corrected chi connectivity index (χ0v) is 15.0. The number of carbonyl (C=O) groups excluding carboxylic acids is 1. The van der Waals surface area contributed by atoms with Gasteiger partial charge < -0.3 is 0 Å². The van der Waals surface area contributed by atoms with Gasteiger partial charge in [-0.3, -0.25) is 9.78 Å². The molecule has 0 radical (unpaired) electrons. The van der Waals surface area contributed by atoms with Crippen molar-refractivity contribution in [3.63, 3.8) is 0 Å². The van der Waals surface area contributed by atoms with Gasteiger partial charge in [0.25, 0.3) is 5.91 Å². The fourth-order valence-corrected chi connectivity index (χ4v) is 2.54. The standard InChI is InChI=1S/C17H28N4OS/c1-4-6-10-19-21(20-11-7-5-2)17(22)15(3)14-23-16-8-12-18-13-9-16/h8-9,12-13,19-20H,3-7,10-11,14H2,1-2H3. The van der Waals surface area contributed by atoms with Crippen LogP contribution in [-0.2, 0) is 4.79 Å². The summed E-state index contributed by atoms with van der Waals surface area (Å²) >= 11 is 1.59. The largest absolute Gasteiger partial charge is 0.278 e. The highest BCUT2D eigenvalue weighted by atomic mass is 32.2. The van der Waals surface area contributed by atoms with E-state index in [1.165, 1.54) is 5.12 Å². The molecule has 128 valence electrons. The van der Waals surface area contributed by atoms with Gasteiger partial charge in [-0.15, -0.1) is 11.8 Å². The second-order valence-electron chi connectivity index (χ2n) is 5.24. The minimum atomic E-state index is -0.0984. The fraction of sp³-hybridized carbons (Fsp3) is 0.529. The lowest BCUT2D eigenvalue weighted by atomic mass is 10.3. The summed E-state index contributed by atoms with van der Waals surface area (Å²) in [4.78, 5) is 17.6. The molecular formula is C17H28N4OS. The maximum atomic E-state index is 12.5. The first kappa shape index (κ1) is 19.7. The highest BCUT2D eigenvalue weighted by molar-refractivity contribution is 7.99. The average Bonchev–Trinajstić information content (AvgIpc) is 2.59. The van der Waals surface area contributed by atoms with Crippen LogP contribution in [0.5, 0.6) is 0 Å². The molecule has 0 saturated heterocycles. The first-order valence-corrected chi connectivity index (χ1v) is 9.19. The molecule has 0 atom stereocenters. The van der Waals surface area contributed by atoms with Crippen LogP contribution in [0.15, 0.2) is 41.6 Å². The van der Waals surface area contributed by atoms with E-state index in [2.05, 4.69) is 36.3 Å². The number of hydrazine groups is 2. The molecule has 0 aliphatic rings. The van der Waals surface area contributed by atoms with E-state index in [-0.39, 0.29) is 5.91 Å². The first-order chi connectivity index (χ1) is 11.2. The second-order valence-corrected chi connectivity index (χ2v) is 6.29. The summed E-state index contributed by atoms with van der Waals surface area (Å²) in [5.41, 5.74) is 6.87. The Bertz CT molecular complexity index is 457. The van der Waals surface area contributed by atoms with E-state index in [1.54, 1.807) is 24.2 Å². The number of aromatic nitrogens is 1. The van der Waals surface area contributed by atoms with Crippen molar-refractivity contribution >= 4 is 17.7 Å². The number of rotatable bonds is 12. The number of amides is 1. The molecule has 1 rings (SSSR count). The molecule has 1 aromatic rings. The van der Waals surface area contributed by atoms with Crippen LogP contribution in [0.2, 0.25) is 0 Å². The molecule has 1 heterocycles. The third-order valence-corrected chi connectivity index (χ3v) is 4.27. The van der Waals surface area contributed by atoms with Crippen LogP contribution in [-0.4, -0.2) is 34.9 Å². The van der Waals surface area contributed by atoms with Crippen LogP contribution >= 0.6 is 11.8 Å². The molecule has 0 aliphatic heterocycles. The Kier molecular flexibility index (Phi) is 10.4. The molecule has 23 heavy (non-hydrogen) atoms. The number of hydrogen-bond acceptors (Lipinski definition) is 5. The third kappa shape index (κ3) is 8.16. The van der Waals surface area contributed by atoms with Crippen LogP contribution in [0.3, 0.4) is 0 Å². The topological polar surface area (TPSA) is 57.3 Å². The van der Waals surface area contributed by atoms with Gasteiger partial charge in [0.15, 0.2) is 0 Å². The van der Waals surface area contributed by atoms with Gasteiger partial charge in [-0.25, -0.2) is 16.0 Å². The number of hydrogen-bond donors (Lipinski definition) is 2. The summed E-state index contributed by atoms with van der Waals surface area (Å²) in [6.07, 6.45) is 7.72. The molecule has 2 N–H and O–H groups in total. The van der Waals surface area contributed by atoms with Gasteiger partial charge in [-0.1, -0.05) is 33.3 Å². The lowest BCUT2D eigenvalue weighted by Gasteiger charge is -2.25. The summed E-state index contributed by atoms with van der Waals surface area (Å²) in [6, 6.07) is 3.86.